The van der Waals surface area contributed by atoms with E-state index < -0.39 is 6.09 Å². The molecule has 1 aromatic carbocycles. The van der Waals surface area contributed by atoms with E-state index in [0.717, 1.165) is 13.0 Å². The topological polar surface area (TPSA) is 44.8 Å². The molecule has 0 radical (unpaired) electrons. The molecular formula is C16H23N3O2. The second-order valence-electron chi connectivity index (χ2n) is 6.23. The zero-order valence-electron chi connectivity index (χ0n) is 13.1. The second kappa shape index (κ2) is 4.91. The van der Waals surface area contributed by atoms with Gasteiger partial charge in [0.15, 0.2) is 0 Å². The van der Waals surface area contributed by atoms with E-state index in [1.807, 2.05) is 19.1 Å². The van der Waals surface area contributed by atoms with E-state index in [1.54, 1.807) is 0 Å². The third-order valence-electron chi connectivity index (χ3n) is 4.83. The zero-order chi connectivity index (χ0) is 15.2. The number of hydrogen-bond acceptors (Lipinski definition) is 4. The highest BCUT2D eigenvalue weighted by Crippen LogP contribution is 2.51. The highest BCUT2D eigenvalue weighted by Gasteiger charge is 2.52. The Morgan fingerprint density at radius 3 is 2.95 bits per heavy atom. The number of carbonyl (C=O) groups is 1. The molecule has 0 aliphatic carbocycles. The van der Waals surface area contributed by atoms with Crippen LogP contribution in [0.2, 0.25) is 0 Å². The van der Waals surface area contributed by atoms with Gasteiger partial charge in [-0.1, -0.05) is 6.92 Å². The molecule has 0 bridgehead atoms. The number of fused-ring (bicyclic) bond motifs is 3. The third kappa shape index (κ3) is 2.07. The first-order valence-electron chi connectivity index (χ1n) is 7.50. The predicted molar refractivity (Wildman–Crippen MR) is 82.9 cm³/mol. The second-order valence-corrected chi connectivity index (χ2v) is 6.23. The Kier molecular flexibility index (Phi) is 3.32. The molecule has 5 heteroatoms. The molecule has 2 aliphatic rings. The van der Waals surface area contributed by atoms with E-state index >= 15 is 0 Å². The van der Waals surface area contributed by atoms with Gasteiger partial charge >= 0.3 is 6.09 Å². The number of nitrogens with one attached hydrogen (secondary N) is 1. The van der Waals surface area contributed by atoms with Gasteiger partial charge in [-0.15, -0.1) is 0 Å². The molecule has 5 nitrogen and oxygen atoms in total. The van der Waals surface area contributed by atoms with Crippen LogP contribution in [0.15, 0.2) is 18.2 Å². The highest BCUT2D eigenvalue weighted by atomic mass is 16.6. The van der Waals surface area contributed by atoms with E-state index in [2.05, 4.69) is 42.2 Å². The van der Waals surface area contributed by atoms with Crippen LogP contribution in [0.3, 0.4) is 0 Å². The fraction of sp³-hybridized carbons (Fsp3) is 0.562. The van der Waals surface area contributed by atoms with Crippen LogP contribution in [0.5, 0.6) is 5.75 Å². The maximum Gasteiger partial charge on any atom is 0.412 e. The number of carbonyl (C=O) groups excluding carboxylic acids is 1. The predicted octanol–water partition coefficient (Wildman–Crippen LogP) is 2.16. The largest absolute Gasteiger partial charge is 0.412 e. The summed E-state index contributed by atoms with van der Waals surface area (Å²) in [6.07, 6.45) is 1.11. The van der Waals surface area contributed by atoms with E-state index in [4.69, 9.17) is 4.74 Å². The van der Waals surface area contributed by atoms with Gasteiger partial charge in [-0.05, 0) is 44.2 Å². The summed E-state index contributed by atoms with van der Waals surface area (Å²) in [4.78, 5) is 16.3. The van der Waals surface area contributed by atoms with Gasteiger partial charge in [-0.25, -0.2) is 4.79 Å². The summed E-state index contributed by atoms with van der Waals surface area (Å²) in [6.45, 7) is 5.84. The number of nitrogens with zero attached hydrogens (tertiary/aromatic N) is 2. The van der Waals surface area contributed by atoms with Crippen LogP contribution in [0.4, 0.5) is 10.5 Å². The van der Waals surface area contributed by atoms with Gasteiger partial charge in [-0.2, -0.15) is 0 Å². The lowest BCUT2D eigenvalue weighted by Crippen LogP contribution is -2.45. The van der Waals surface area contributed by atoms with Crippen LogP contribution in [-0.4, -0.2) is 44.3 Å². The van der Waals surface area contributed by atoms with Gasteiger partial charge in [0.05, 0.1) is 6.17 Å². The van der Waals surface area contributed by atoms with E-state index in [-0.39, 0.29) is 5.41 Å². The third-order valence-corrected chi connectivity index (χ3v) is 4.83. The number of likely N-dealkylation sites (N-methyl/N-ethyl adjacent to an activating group) is 2. The maximum absolute atomic E-state index is 11.6. The molecule has 21 heavy (non-hydrogen) atoms. The Morgan fingerprint density at radius 2 is 2.24 bits per heavy atom. The molecule has 2 atom stereocenters. The normalized spacial score (nSPS) is 27.4. The Balaban J connectivity index is 1.93. The van der Waals surface area contributed by atoms with Crippen LogP contribution >= 0.6 is 0 Å². The van der Waals surface area contributed by atoms with Gasteiger partial charge in [0.1, 0.15) is 5.75 Å². The van der Waals surface area contributed by atoms with Gasteiger partial charge in [0, 0.05) is 31.2 Å². The number of likely N-dealkylation sites (tertiary alicyclic amines) is 1. The van der Waals surface area contributed by atoms with E-state index in [9.17, 15) is 4.79 Å². The van der Waals surface area contributed by atoms with Crippen molar-refractivity contribution < 1.29 is 9.53 Å². The average Bonchev–Trinajstić information content (AvgIpc) is 2.85. The minimum Gasteiger partial charge on any atom is -0.410 e. The lowest BCUT2D eigenvalue weighted by molar-refractivity contribution is 0.201. The molecule has 2 aliphatic heterocycles. The Bertz CT molecular complexity index is 575. The molecule has 1 amide bonds. The van der Waals surface area contributed by atoms with Crippen LogP contribution in [-0.2, 0) is 5.41 Å². The van der Waals surface area contributed by atoms with Crippen LogP contribution in [0.1, 0.15) is 25.8 Å². The van der Waals surface area contributed by atoms with Crippen molar-refractivity contribution in [2.24, 2.45) is 0 Å². The van der Waals surface area contributed by atoms with Gasteiger partial charge in [-0.3, -0.25) is 4.90 Å². The van der Waals surface area contributed by atoms with E-state index in [1.165, 1.54) is 11.3 Å². The summed E-state index contributed by atoms with van der Waals surface area (Å²) in [7, 11) is 4.31. The highest BCUT2D eigenvalue weighted by molar-refractivity contribution is 5.72. The number of ether oxygens (including phenoxy) is 1. The first kappa shape index (κ1) is 14.2. The molecule has 0 unspecified atom stereocenters. The molecule has 0 spiro atoms. The van der Waals surface area contributed by atoms with Crippen molar-refractivity contribution >= 4 is 11.8 Å². The molecular weight excluding hydrogens is 266 g/mol. The number of amides is 1. The molecule has 3 rings (SSSR count). The molecule has 0 saturated carbocycles. The Labute approximate surface area is 125 Å². The fourth-order valence-electron chi connectivity index (χ4n) is 3.91. The lowest BCUT2D eigenvalue weighted by atomic mass is 9.81. The minimum atomic E-state index is -0.394. The van der Waals surface area contributed by atoms with Crippen LogP contribution in [0.25, 0.3) is 0 Å². The molecule has 2 heterocycles. The van der Waals surface area contributed by atoms with Crippen molar-refractivity contribution in [2.45, 2.75) is 31.8 Å². The molecule has 0 aromatic heterocycles. The molecule has 1 saturated heterocycles. The van der Waals surface area contributed by atoms with Crippen molar-refractivity contribution in [2.75, 3.05) is 32.1 Å². The molecule has 1 fully saturated rings. The summed E-state index contributed by atoms with van der Waals surface area (Å²) >= 11 is 0. The van der Waals surface area contributed by atoms with Crippen molar-refractivity contribution in [1.29, 1.82) is 0 Å². The van der Waals surface area contributed by atoms with Crippen molar-refractivity contribution in [1.82, 2.24) is 10.2 Å². The SMILES string of the molecule is CCNC(=O)Oc1ccc2c(c1)[C@]1(C)CCN(C)[C@@H]1N2C. The molecule has 114 valence electrons. The summed E-state index contributed by atoms with van der Waals surface area (Å²) < 4.78 is 5.35. The lowest BCUT2D eigenvalue weighted by Gasteiger charge is -2.32. The molecule has 1 N–H and O–H groups in total. The van der Waals surface area contributed by atoms with Crippen LogP contribution in [0, 0.1) is 0 Å². The molecule has 1 aromatic rings. The minimum absolute atomic E-state index is 0.0967. The van der Waals surface area contributed by atoms with Gasteiger partial charge in [0.25, 0.3) is 0 Å². The van der Waals surface area contributed by atoms with Gasteiger partial charge in [0.2, 0.25) is 0 Å². The first-order chi connectivity index (χ1) is 9.97. The van der Waals surface area contributed by atoms with Crippen molar-refractivity contribution in [3.05, 3.63) is 23.8 Å². The summed E-state index contributed by atoms with van der Waals surface area (Å²) in [6, 6.07) is 5.95. The van der Waals surface area contributed by atoms with Crippen molar-refractivity contribution in [3.63, 3.8) is 0 Å². The zero-order valence-corrected chi connectivity index (χ0v) is 13.1. The number of benzene rings is 1. The summed E-state index contributed by atoms with van der Waals surface area (Å²) in [5.41, 5.74) is 2.61. The monoisotopic (exact) mass is 289 g/mol. The number of hydrogen-bond donors (Lipinski definition) is 1. The summed E-state index contributed by atoms with van der Waals surface area (Å²) in [5.74, 6) is 0.615. The van der Waals surface area contributed by atoms with Gasteiger partial charge < -0.3 is 15.0 Å². The van der Waals surface area contributed by atoms with Crippen LogP contribution < -0.4 is 15.0 Å². The quantitative estimate of drug-likeness (QED) is 0.906. The summed E-state index contributed by atoms with van der Waals surface area (Å²) in [5, 5.41) is 2.65. The first-order valence-corrected chi connectivity index (χ1v) is 7.50. The smallest absolute Gasteiger partial charge is 0.410 e. The Hall–Kier alpha value is -1.75. The van der Waals surface area contributed by atoms with Crippen molar-refractivity contribution in [3.8, 4) is 5.75 Å². The maximum atomic E-state index is 11.6. The fourth-order valence-corrected chi connectivity index (χ4v) is 3.91. The standard InChI is InChI=1S/C16H23N3O2/c1-5-17-15(20)21-11-6-7-13-12(10-11)16(2)8-9-18(3)14(16)19(13)4/h6-7,10,14H,5,8-9H2,1-4H3,(H,17,20)/t14-,16+/m1/s1. The number of anilines is 1. The van der Waals surface area contributed by atoms with E-state index in [0.29, 0.717) is 18.5 Å². The average molecular weight is 289 g/mol. The number of rotatable bonds is 2. The Morgan fingerprint density at radius 1 is 1.48 bits per heavy atom.